The van der Waals surface area contributed by atoms with E-state index < -0.39 is 14.9 Å². The molecule has 0 bridgehead atoms. The molecule has 0 aromatic rings. The molecule has 166 valence electrons. The van der Waals surface area contributed by atoms with Crippen LogP contribution in [0.1, 0.15) is 116 Å². The van der Waals surface area contributed by atoms with Gasteiger partial charge in [-0.15, -0.1) is 0 Å². The van der Waals surface area contributed by atoms with Crippen LogP contribution in [-0.2, 0) is 10.1 Å². The van der Waals surface area contributed by atoms with Gasteiger partial charge in [0, 0.05) is 0 Å². The van der Waals surface area contributed by atoms with Gasteiger partial charge in [0.2, 0.25) is 0 Å². The SMILES string of the molecule is O=S(=O)(O)C1(CC2CCCCC2)CC=C(C2CCCCC2)CC1C1CCCCC1. The van der Waals surface area contributed by atoms with Crippen LogP contribution in [0.2, 0.25) is 0 Å². The third kappa shape index (κ3) is 4.79. The molecule has 0 amide bonds. The maximum atomic E-state index is 13.0. The Morgan fingerprint density at radius 3 is 1.97 bits per heavy atom. The molecule has 4 heteroatoms. The molecule has 3 nitrogen and oxygen atoms in total. The number of rotatable bonds is 5. The molecule has 0 aromatic heterocycles. The molecule has 0 heterocycles. The van der Waals surface area contributed by atoms with Crippen molar-refractivity contribution in [2.45, 2.75) is 120 Å². The molecule has 4 rings (SSSR count). The summed E-state index contributed by atoms with van der Waals surface area (Å²) in [5, 5.41) is 0. The summed E-state index contributed by atoms with van der Waals surface area (Å²) in [6.45, 7) is 0. The lowest BCUT2D eigenvalue weighted by Crippen LogP contribution is -2.52. The second-order valence-corrected chi connectivity index (χ2v) is 12.5. The average molecular weight is 423 g/mol. The van der Waals surface area contributed by atoms with E-state index >= 15 is 0 Å². The molecule has 1 N–H and O–H groups in total. The highest BCUT2D eigenvalue weighted by molar-refractivity contribution is 7.87. The van der Waals surface area contributed by atoms with Crippen molar-refractivity contribution in [3.63, 3.8) is 0 Å². The lowest BCUT2D eigenvalue weighted by molar-refractivity contribution is 0.141. The fourth-order valence-corrected chi connectivity index (χ4v) is 8.83. The summed E-state index contributed by atoms with van der Waals surface area (Å²) >= 11 is 0. The van der Waals surface area contributed by atoms with E-state index in [2.05, 4.69) is 6.08 Å². The molecule has 3 fully saturated rings. The van der Waals surface area contributed by atoms with E-state index in [-0.39, 0.29) is 5.92 Å². The monoisotopic (exact) mass is 422 g/mol. The van der Waals surface area contributed by atoms with Crippen LogP contribution in [0.25, 0.3) is 0 Å². The fraction of sp³-hybridized carbons (Fsp3) is 0.920. The van der Waals surface area contributed by atoms with E-state index in [1.807, 2.05) is 0 Å². The first-order valence-corrected chi connectivity index (χ1v) is 14.1. The first-order chi connectivity index (χ1) is 14.0. The Hall–Kier alpha value is -0.350. The maximum Gasteiger partial charge on any atom is 0.271 e. The molecule has 4 aliphatic rings. The minimum atomic E-state index is -4.08. The summed E-state index contributed by atoms with van der Waals surface area (Å²) < 4.78 is 35.8. The fourth-order valence-electron chi connectivity index (χ4n) is 7.43. The Kier molecular flexibility index (Phi) is 7.11. The number of hydrogen-bond donors (Lipinski definition) is 1. The first-order valence-electron chi connectivity index (χ1n) is 12.7. The van der Waals surface area contributed by atoms with Crippen LogP contribution < -0.4 is 0 Å². The van der Waals surface area contributed by atoms with Crippen molar-refractivity contribution in [1.29, 1.82) is 0 Å². The van der Waals surface area contributed by atoms with E-state index in [0.717, 1.165) is 32.1 Å². The van der Waals surface area contributed by atoms with Crippen molar-refractivity contribution in [2.24, 2.45) is 23.7 Å². The predicted molar refractivity (Wildman–Crippen MR) is 119 cm³/mol. The summed E-state index contributed by atoms with van der Waals surface area (Å²) in [6, 6.07) is 0. The Labute approximate surface area is 178 Å². The normalized spacial score (nSPS) is 34.1. The smallest absolute Gasteiger partial charge is 0.271 e. The van der Waals surface area contributed by atoms with Gasteiger partial charge in [-0.3, -0.25) is 4.55 Å². The second-order valence-electron chi connectivity index (χ2n) is 10.8. The summed E-state index contributed by atoms with van der Waals surface area (Å²) in [6.07, 6.45) is 23.1. The topological polar surface area (TPSA) is 54.4 Å². The van der Waals surface area contributed by atoms with Crippen molar-refractivity contribution in [3.8, 4) is 0 Å². The lowest BCUT2D eigenvalue weighted by atomic mass is 9.62. The summed E-state index contributed by atoms with van der Waals surface area (Å²) in [4.78, 5) is 0. The highest BCUT2D eigenvalue weighted by atomic mass is 32.2. The average Bonchev–Trinajstić information content (AvgIpc) is 2.75. The highest BCUT2D eigenvalue weighted by Crippen LogP contribution is 2.53. The largest absolute Gasteiger partial charge is 0.285 e. The highest BCUT2D eigenvalue weighted by Gasteiger charge is 2.54. The molecule has 3 saturated carbocycles. The van der Waals surface area contributed by atoms with Crippen molar-refractivity contribution < 1.29 is 13.0 Å². The van der Waals surface area contributed by atoms with Gasteiger partial charge in [-0.2, -0.15) is 8.42 Å². The molecular formula is C25H42O3S. The number of hydrogen-bond acceptors (Lipinski definition) is 2. The van der Waals surface area contributed by atoms with Crippen LogP contribution in [0.5, 0.6) is 0 Å². The number of allylic oxidation sites excluding steroid dienone is 2. The quantitative estimate of drug-likeness (QED) is 0.380. The Morgan fingerprint density at radius 1 is 0.828 bits per heavy atom. The third-order valence-electron chi connectivity index (χ3n) is 9.06. The van der Waals surface area contributed by atoms with Gasteiger partial charge in [-0.25, -0.2) is 0 Å². The van der Waals surface area contributed by atoms with E-state index in [0.29, 0.717) is 30.6 Å². The Bertz CT molecular complexity index is 664. The van der Waals surface area contributed by atoms with Crippen LogP contribution >= 0.6 is 0 Å². The minimum absolute atomic E-state index is 0.127. The predicted octanol–water partition coefficient (Wildman–Crippen LogP) is 7.08. The molecule has 2 atom stereocenters. The van der Waals surface area contributed by atoms with Gasteiger partial charge in [0.15, 0.2) is 0 Å². The molecule has 0 aromatic carbocycles. The van der Waals surface area contributed by atoms with Gasteiger partial charge < -0.3 is 0 Å². The van der Waals surface area contributed by atoms with Crippen molar-refractivity contribution in [3.05, 3.63) is 11.6 Å². The standard InChI is InChI=1S/C25H42O3S/c26-29(27,28)25(19-20-10-4-1-5-11-20)17-16-23(21-12-6-2-7-13-21)18-24(25)22-14-8-3-9-15-22/h16,20-22,24H,1-15,17-19H2,(H,26,27,28). The zero-order valence-corrected chi connectivity index (χ0v) is 19.1. The van der Waals surface area contributed by atoms with Gasteiger partial charge in [-0.1, -0.05) is 95.1 Å². The van der Waals surface area contributed by atoms with Crippen LogP contribution in [0.4, 0.5) is 0 Å². The first kappa shape index (κ1) is 21.9. The lowest BCUT2D eigenvalue weighted by Gasteiger charge is -2.48. The van der Waals surface area contributed by atoms with Crippen LogP contribution in [0.15, 0.2) is 11.6 Å². The zero-order valence-electron chi connectivity index (χ0n) is 18.3. The Morgan fingerprint density at radius 2 is 1.38 bits per heavy atom. The van der Waals surface area contributed by atoms with E-state index in [9.17, 15) is 13.0 Å². The minimum Gasteiger partial charge on any atom is -0.285 e. The molecule has 0 saturated heterocycles. The molecule has 0 aliphatic heterocycles. The second kappa shape index (κ2) is 9.42. The summed E-state index contributed by atoms with van der Waals surface area (Å²) in [5.74, 6) is 1.74. The van der Waals surface area contributed by atoms with E-state index in [1.54, 1.807) is 5.57 Å². The van der Waals surface area contributed by atoms with Crippen molar-refractivity contribution in [1.82, 2.24) is 0 Å². The van der Waals surface area contributed by atoms with Crippen LogP contribution in [-0.4, -0.2) is 17.7 Å². The molecular weight excluding hydrogens is 380 g/mol. The van der Waals surface area contributed by atoms with Gasteiger partial charge >= 0.3 is 0 Å². The Balaban J connectivity index is 1.65. The van der Waals surface area contributed by atoms with Crippen LogP contribution in [0, 0.1) is 23.7 Å². The summed E-state index contributed by atoms with van der Waals surface area (Å²) in [5.41, 5.74) is 1.54. The summed E-state index contributed by atoms with van der Waals surface area (Å²) in [7, 11) is -4.08. The molecule has 0 radical (unpaired) electrons. The maximum absolute atomic E-state index is 13.0. The van der Waals surface area contributed by atoms with Crippen molar-refractivity contribution in [2.75, 3.05) is 0 Å². The van der Waals surface area contributed by atoms with Crippen molar-refractivity contribution >= 4 is 10.1 Å². The molecule has 4 aliphatic carbocycles. The van der Waals surface area contributed by atoms with E-state index in [4.69, 9.17) is 0 Å². The zero-order chi connectivity index (χ0) is 20.3. The molecule has 29 heavy (non-hydrogen) atoms. The van der Waals surface area contributed by atoms with Crippen LogP contribution in [0.3, 0.4) is 0 Å². The third-order valence-corrected chi connectivity index (χ3v) is 10.7. The molecule has 0 spiro atoms. The van der Waals surface area contributed by atoms with E-state index in [1.165, 1.54) is 70.6 Å². The van der Waals surface area contributed by atoms with Gasteiger partial charge in [0.1, 0.15) is 4.75 Å². The molecule has 2 unspecified atom stereocenters. The van der Waals surface area contributed by atoms with Gasteiger partial charge in [0.05, 0.1) is 0 Å². The van der Waals surface area contributed by atoms with Gasteiger partial charge in [0.25, 0.3) is 10.1 Å². The van der Waals surface area contributed by atoms with Gasteiger partial charge in [-0.05, 0) is 55.8 Å².